The van der Waals surface area contributed by atoms with Crippen molar-refractivity contribution < 1.29 is 14.3 Å². The van der Waals surface area contributed by atoms with Crippen LogP contribution in [0.15, 0.2) is 30.3 Å². The van der Waals surface area contributed by atoms with E-state index in [9.17, 15) is 4.79 Å². The number of rotatable bonds is 3. The standard InChI is InChI=1S/C13H17NO3/c1-16-11-8-12(13(15)17-2)14(9-11)10-6-4-3-5-7-10/h3-7,11-12H,8-9H2,1-2H3. The molecule has 4 nitrogen and oxygen atoms in total. The highest BCUT2D eigenvalue weighted by Crippen LogP contribution is 2.27. The number of para-hydroxylation sites is 1. The van der Waals surface area contributed by atoms with Crippen LogP contribution in [0.2, 0.25) is 0 Å². The highest BCUT2D eigenvalue weighted by atomic mass is 16.5. The molecule has 1 fully saturated rings. The van der Waals surface area contributed by atoms with Gasteiger partial charge in [0.1, 0.15) is 6.04 Å². The fraction of sp³-hybridized carbons (Fsp3) is 0.462. The smallest absolute Gasteiger partial charge is 0.328 e. The van der Waals surface area contributed by atoms with Gasteiger partial charge in [-0.25, -0.2) is 4.79 Å². The Balaban J connectivity index is 2.21. The average Bonchev–Trinajstić information content (AvgIpc) is 2.83. The number of hydrogen-bond donors (Lipinski definition) is 0. The third-order valence-electron chi connectivity index (χ3n) is 3.16. The van der Waals surface area contributed by atoms with Crippen molar-refractivity contribution in [2.45, 2.75) is 18.6 Å². The highest BCUT2D eigenvalue weighted by Gasteiger charge is 2.37. The fourth-order valence-corrected chi connectivity index (χ4v) is 2.23. The third-order valence-corrected chi connectivity index (χ3v) is 3.16. The average molecular weight is 235 g/mol. The summed E-state index contributed by atoms with van der Waals surface area (Å²) in [7, 11) is 3.10. The van der Waals surface area contributed by atoms with Gasteiger partial charge in [0.05, 0.1) is 13.2 Å². The van der Waals surface area contributed by atoms with E-state index in [0.29, 0.717) is 6.42 Å². The number of hydrogen-bond acceptors (Lipinski definition) is 4. The summed E-state index contributed by atoms with van der Waals surface area (Å²) in [5.41, 5.74) is 1.03. The van der Waals surface area contributed by atoms with Crippen LogP contribution in [0.4, 0.5) is 5.69 Å². The second-order valence-electron chi connectivity index (χ2n) is 4.12. The summed E-state index contributed by atoms with van der Waals surface area (Å²) in [6.45, 7) is 0.722. The minimum absolute atomic E-state index is 0.0827. The van der Waals surface area contributed by atoms with Gasteiger partial charge in [-0.15, -0.1) is 0 Å². The van der Waals surface area contributed by atoms with E-state index in [0.717, 1.165) is 12.2 Å². The van der Waals surface area contributed by atoms with Gasteiger partial charge >= 0.3 is 5.97 Å². The number of anilines is 1. The van der Waals surface area contributed by atoms with Crippen LogP contribution in [0.5, 0.6) is 0 Å². The zero-order valence-corrected chi connectivity index (χ0v) is 10.1. The molecule has 0 N–H and O–H groups in total. The summed E-state index contributed by atoms with van der Waals surface area (Å²) in [6.07, 6.45) is 0.761. The van der Waals surface area contributed by atoms with Crippen molar-refractivity contribution >= 4 is 11.7 Å². The molecule has 17 heavy (non-hydrogen) atoms. The van der Waals surface area contributed by atoms with Crippen LogP contribution in [0.25, 0.3) is 0 Å². The molecule has 2 atom stereocenters. The second kappa shape index (κ2) is 5.19. The summed E-state index contributed by atoms with van der Waals surface area (Å²) in [4.78, 5) is 13.8. The van der Waals surface area contributed by atoms with E-state index in [4.69, 9.17) is 9.47 Å². The third kappa shape index (κ3) is 2.42. The van der Waals surface area contributed by atoms with Crippen LogP contribution in [-0.2, 0) is 14.3 Å². The van der Waals surface area contributed by atoms with Crippen LogP contribution < -0.4 is 4.90 Å². The predicted molar refractivity (Wildman–Crippen MR) is 65.0 cm³/mol. The zero-order chi connectivity index (χ0) is 12.3. The van der Waals surface area contributed by atoms with Crippen molar-refractivity contribution in [2.24, 2.45) is 0 Å². The molecule has 2 unspecified atom stereocenters. The maximum Gasteiger partial charge on any atom is 0.328 e. The van der Waals surface area contributed by atoms with Gasteiger partial charge in [-0.1, -0.05) is 18.2 Å². The lowest BCUT2D eigenvalue weighted by molar-refractivity contribution is -0.142. The molecule has 1 aromatic rings. The van der Waals surface area contributed by atoms with Crippen LogP contribution in [0.3, 0.4) is 0 Å². The lowest BCUT2D eigenvalue weighted by Crippen LogP contribution is -2.36. The van der Waals surface area contributed by atoms with Crippen molar-refractivity contribution in [1.29, 1.82) is 0 Å². The van der Waals surface area contributed by atoms with Crippen LogP contribution >= 0.6 is 0 Å². The molecule has 0 saturated carbocycles. The SMILES string of the molecule is COC(=O)C1CC(OC)CN1c1ccccc1. The fourth-order valence-electron chi connectivity index (χ4n) is 2.23. The van der Waals surface area contributed by atoms with Gasteiger partial charge in [0.15, 0.2) is 0 Å². The van der Waals surface area contributed by atoms with Crippen LogP contribution in [-0.4, -0.2) is 38.9 Å². The summed E-state index contributed by atoms with van der Waals surface area (Å²) in [6, 6.07) is 9.63. The maximum atomic E-state index is 11.7. The van der Waals surface area contributed by atoms with Crippen molar-refractivity contribution in [3.05, 3.63) is 30.3 Å². The van der Waals surface area contributed by atoms with Crippen molar-refractivity contribution in [3.63, 3.8) is 0 Å². The lowest BCUT2D eigenvalue weighted by atomic mass is 10.2. The molecule has 1 aliphatic heterocycles. The van der Waals surface area contributed by atoms with Gasteiger partial charge in [-0.05, 0) is 12.1 Å². The predicted octanol–water partition coefficient (Wildman–Crippen LogP) is 1.45. The molecular formula is C13H17NO3. The van der Waals surface area contributed by atoms with Gasteiger partial charge in [0.2, 0.25) is 0 Å². The van der Waals surface area contributed by atoms with Crippen LogP contribution in [0.1, 0.15) is 6.42 Å². The molecule has 0 spiro atoms. The van der Waals surface area contributed by atoms with E-state index >= 15 is 0 Å². The first-order valence-corrected chi connectivity index (χ1v) is 5.68. The Morgan fingerprint density at radius 1 is 1.29 bits per heavy atom. The Bertz CT molecular complexity index is 380. The van der Waals surface area contributed by atoms with E-state index in [-0.39, 0.29) is 18.1 Å². The number of carbonyl (C=O) groups is 1. The summed E-state index contributed by atoms with van der Waals surface area (Å²) >= 11 is 0. The molecule has 0 aromatic heterocycles. The Morgan fingerprint density at radius 3 is 2.59 bits per heavy atom. The molecule has 92 valence electrons. The van der Waals surface area contributed by atoms with E-state index in [2.05, 4.69) is 0 Å². The van der Waals surface area contributed by atoms with Crippen molar-refractivity contribution in [1.82, 2.24) is 0 Å². The van der Waals surface area contributed by atoms with Gasteiger partial charge in [0, 0.05) is 25.8 Å². The van der Waals surface area contributed by atoms with Gasteiger partial charge in [-0.2, -0.15) is 0 Å². The molecule has 4 heteroatoms. The van der Waals surface area contributed by atoms with Crippen LogP contribution in [0, 0.1) is 0 Å². The Hall–Kier alpha value is -1.55. The maximum absolute atomic E-state index is 11.7. The number of carbonyl (C=O) groups excluding carboxylic acids is 1. The first kappa shape index (κ1) is 11.9. The number of benzene rings is 1. The van der Waals surface area contributed by atoms with Gasteiger partial charge in [0.25, 0.3) is 0 Å². The van der Waals surface area contributed by atoms with E-state index in [1.165, 1.54) is 7.11 Å². The lowest BCUT2D eigenvalue weighted by Gasteiger charge is -2.24. The van der Waals surface area contributed by atoms with E-state index < -0.39 is 0 Å². The second-order valence-corrected chi connectivity index (χ2v) is 4.12. The number of nitrogens with zero attached hydrogens (tertiary/aromatic N) is 1. The monoisotopic (exact) mass is 235 g/mol. The Morgan fingerprint density at radius 2 is 2.00 bits per heavy atom. The Kier molecular flexibility index (Phi) is 3.64. The number of methoxy groups -OCH3 is 2. The summed E-state index contributed by atoms with van der Waals surface area (Å²) in [5.74, 6) is -0.201. The zero-order valence-electron chi connectivity index (χ0n) is 10.1. The minimum Gasteiger partial charge on any atom is -0.467 e. The van der Waals surface area contributed by atoms with Crippen molar-refractivity contribution in [3.8, 4) is 0 Å². The van der Waals surface area contributed by atoms with E-state index in [1.807, 2.05) is 35.2 Å². The molecule has 1 aromatic carbocycles. The topological polar surface area (TPSA) is 38.8 Å². The minimum atomic E-state index is -0.243. The molecule has 0 radical (unpaired) electrons. The van der Waals surface area contributed by atoms with Gasteiger partial charge in [-0.3, -0.25) is 0 Å². The largest absolute Gasteiger partial charge is 0.467 e. The molecule has 1 aliphatic rings. The number of ether oxygens (including phenoxy) is 2. The van der Waals surface area contributed by atoms with E-state index in [1.54, 1.807) is 7.11 Å². The quantitative estimate of drug-likeness (QED) is 0.743. The van der Waals surface area contributed by atoms with Crippen molar-refractivity contribution in [2.75, 3.05) is 25.7 Å². The molecule has 0 amide bonds. The summed E-state index contributed by atoms with van der Waals surface area (Å²) in [5, 5.41) is 0. The van der Waals surface area contributed by atoms with Gasteiger partial charge < -0.3 is 14.4 Å². The molecule has 0 bridgehead atoms. The molecule has 1 heterocycles. The summed E-state index contributed by atoms with van der Waals surface area (Å²) < 4.78 is 10.2. The molecular weight excluding hydrogens is 218 g/mol. The number of esters is 1. The normalized spacial score (nSPS) is 23.8. The molecule has 2 rings (SSSR count). The highest BCUT2D eigenvalue weighted by molar-refractivity contribution is 5.81. The first-order valence-electron chi connectivity index (χ1n) is 5.68. The molecule has 0 aliphatic carbocycles. The Labute approximate surface area is 101 Å². The molecule has 1 saturated heterocycles. The first-order chi connectivity index (χ1) is 8.26.